The minimum absolute atomic E-state index is 0.0343. The van der Waals surface area contributed by atoms with Gasteiger partial charge in [-0.3, -0.25) is 0 Å². The van der Waals surface area contributed by atoms with E-state index >= 15 is 0 Å². The fraction of sp³-hybridized carbons (Fsp3) is 0.100. The molecule has 0 saturated heterocycles. The Morgan fingerprint density at radius 2 is 1.56 bits per heavy atom. The molecule has 0 heterocycles. The highest BCUT2D eigenvalue weighted by atomic mass is 16.5. The van der Waals surface area contributed by atoms with Crippen LogP contribution in [0.2, 0.25) is 0 Å². The Morgan fingerprint density at radius 3 is 2.20 bits per heavy atom. The highest BCUT2D eigenvalue weighted by Gasteiger charge is 2.14. The molecule has 0 aliphatic carbocycles. The van der Waals surface area contributed by atoms with Gasteiger partial charge < -0.3 is 14.6 Å². The Balaban J connectivity index is 1.72. The maximum absolute atomic E-state index is 12.2. The molecule has 1 N–H and O–H groups in total. The lowest BCUT2D eigenvalue weighted by molar-refractivity contribution is 0.0468. The van der Waals surface area contributed by atoms with Crippen LogP contribution in [0.15, 0.2) is 60.7 Å². The zero-order valence-electron chi connectivity index (χ0n) is 13.6. The molecule has 0 saturated carbocycles. The minimum atomic E-state index is -0.611. The highest BCUT2D eigenvalue weighted by molar-refractivity contribution is 5.98. The molecule has 0 bridgehead atoms. The second-order valence-corrected chi connectivity index (χ2v) is 5.48. The van der Waals surface area contributed by atoms with Gasteiger partial charge in [-0.05, 0) is 40.6 Å². The van der Waals surface area contributed by atoms with Crippen molar-refractivity contribution in [3.63, 3.8) is 0 Å². The molecule has 3 aromatic carbocycles. The summed E-state index contributed by atoms with van der Waals surface area (Å²) in [6.45, 7) is 0.0343. The van der Waals surface area contributed by atoms with Gasteiger partial charge in [-0.1, -0.05) is 36.4 Å². The van der Waals surface area contributed by atoms with Gasteiger partial charge in [0.1, 0.15) is 17.9 Å². The third-order valence-electron chi connectivity index (χ3n) is 3.83. The number of carbonyl (C=O) groups excluding carboxylic acids is 2. The molecule has 0 atom stereocenters. The number of fused-ring (bicyclic) bond motifs is 1. The van der Waals surface area contributed by atoms with E-state index in [1.54, 1.807) is 30.3 Å². The van der Waals surface area contributed by atoms with E-state index in [4.69, 9.17) is 4.74 Å². The summed E-state index contributed by atoms with van der Waals surface area (Å²) in [5, 5.41) is 11.7. The molecular formula is C20H16O5. The Morgan fingerprint density at radius 1 is 0.920 bits per heavy atom. The van der Waals surface area contributed by atoms with E-state index in [0.29, 0.717) is 5.56 Å². The van der Waals surface area contributed by atoms with Crippen molar-refractivity contribution in [1.29, 1.82) is 0 Å². The van der Waals surface area contributed by atoms with Crippen LogP contribution >= 0.6 is 0 Å². The molecule has 0 fully saturated rings. The summed E-state index contributed by atoms with van der Waals surface area (Å²) in [7, 11) is 1.31. The van der Waals surface area contributed by atoms with Crippen molar-refractivity contribution in [2.45, 2.75) is 6.61 Å². The first-order valence-electron chi connectivity index (χ1n) is 7.64. The zero-order valence-corrected chi connectivity index (χ0v) is 13.6. The number of benzene rings is 3. The van der Waals surface area contributed by atoms with Gasteiger partial charge in [-0.2, -0.15) is 0 Å². The Labute approximate surface area is 144 Å². The number of esters is 2. The van der Waals surface area contributed by atoms with Crippen LogP contribution in [0, 0.1) is 0 Å². The van der Waals surface area contributed by atoms with Gasteiger partial charge in [-0.25, -0.2) is 9.59 Å². The van der Waals surface area contributed by atoms with Crippen molar-refractivity contribution in [2.24, 2.45) is 0 Å². The number of ether oxygens (including phenoxy) is 2. The molecule has 0 aliphatic rings. The average Bonchev–Trinajstić information content (AvgIpc) is 2.65. The summed E-state index contributed by atoms with van der Waals surface area (Å²) < 4.78 is 9.88. The van der Waals surface area contributed by atoms with Crippen LogP contribution < -0.4 is 0 Å². The van der Waals surface area contributed by atoms with E-state index in [1.165, 1.54) is 13.2 Å². The standard InChI is InChI=1S/C20H16O5/c1-24-19(22)14-8-6-13(7-9-14)12-25-20(23)17-10-15-4-2-3-5-16(15)11-18(17)21/h2-11,21H,12H2,1H3. The number of phenols is 1. The van der Waals surface area contributed by atoms with Gasteiger partial charge in [0.05, 0.1) is 12.7 Å². The van der Waals surface area contributed by atoms with Gasteiger partial charge in [0.15, 0.2) is 0 Å². The second-order valence-electron chi connectivity index (χ2n) is 5.48. The van der Waals surface area contributed by atoms with Gasteiger partial charge in [0.25, 0.3) is 0 Å². The fourth-order valence-corrected chi connectivity index (χ4v) is 2.47. The van der Waals surface area contributed by atoms with Crippen molar-refractivity contribution >= 4 is 22.7 Å². The van der Waals surface area contributed by atoms with E-state index < -0.39 is 11.9 Å². The van der Waals surface area contributed by atoms with Crippen LogP contribution in [0.4, 0.5) is 0 Å². The molecule has 5 heteroatoms. The number of methoxy groups -OCH3 is 1. The summed E-state index contributed by atoms with van der Waals surface area (Å²) in [6.07, 6.45) is 0. The topological polar surface area (TPSA) is 72.8 Å². The summed E-state index contributed by atoms with van der Waals surface area (Å²) in [5.41, 5.74) is 1.26. The number of hydrogen-bond acceptors (Lipinski definition) is 5. The molecule has 3 aromatic rings. The van der Waals surface area contributed by atoms with Gasteiger partial charge in [-0.15, -0.1) is 0 Å². The monoisotopic (exact) mass is 336 g/mol. The van der Waals surface area contributed by atoms with Crippen molar-refractivity contribution in [2.75, 3.05) is 7.11 Å². The lowest BCUT2D eigenvalue weighted by atomic mass is 10.1. The lowest BCUT2D eigenvalue weighted by Crippen LogP contribution is -2.06. The Hall–Kier alpha value is -3.34. The molecule has 126 valence electrons. The molecule has 0 radical (unpaired) electrons. The van der Waals surface area contributed by atoms with Crippen LogP contribution in [0.5, 0.6) is 5.75 Å². The number of phenolic OH excluding ortho intramolecular Hbond substituents is 1. The van der Waals surface area contributed by atoms with Crippen LogP contribution in [0.3, 0.4) is 0 Å². The average molecular weight is 336 g/mol. The predicted molar refractivity (Wildman–Crippen MR) is 92.5 cm³/mol. The van der Waals surface area contributed by atoms with Crippen LogP contribution in [0.25, 0.3) is 10.8 Å². The summed E-state index contributed by atoms with van der Waals surface area (Å²) in [5.74, 6) is -1.16. The van der Waals surface area contributed by atoms with Gasteiger partial charge >= 0.3 is 11.9 Å². The smallest absolute Gasteiger partial charge is 0.342 e. The van der Waals surface area contributed by atoms with E-state index in [9.17, 15) is 14.7 Å². The first kappa shape index (κ1) is 16.5. The van der Waals surface area contributed by atoms with Crippen molar-refractivity contribution in [3.8, 4) is 5.75 Å². The fourth-order valence-electron chi connectivity index (χ4n) is 2.47. The quantitative estimate of drug-likeness (QED) is 0.736. The van der Waals surface area contributed by atoms with E-state index in [0.717, 1.165) is 16.3 Å². The molecule has 3 rings (SSSR count). The van der Waals surface area contributed by atoms with Gasteiger partial charge in [0.2, 0.25) is 0 Å². The zero-order chi connectivity index (χ0) is 17.8. The third kappa shape index (κ3) is 3.61. The lowest BCUT2D eigenvalue weighted by Gasteiger charge is -2.08. The van der Waals surface area contributed by atoms with Crippen LogP contribution in [0.1, 0.15) is 26.3 Å². The first-order valence-corrected chi connectivity index (χ1v) is 7.64. The second kappa shape index (κ2) is 7.05. The van der Waals surface area contributed by atoms with Crippen molar-refractivity contribution < 1.29 is 24.2 Å². The summed E-state index contributed by atoms with van der Waals surface area (Å²) in [6, 6.07) is 17.1. The molecule has 0 unspecified atom stereocenters. The molecule has 0 aromatic heterocycles. The first-order chi connectivity index (χ1) is 12.1. The maximum atomic E-state index is 12.2. The third-order valence-corrected chi connectivity index (χ3v) is 3.83. The molecule has 0 aliphatic heterocycles. The van der Waals surface area contributed by atoms with E-state index in [2.05, 4.69) is 4.74 Å². The minimum Gasteiger partial charge on any atom is -0.507 e. The number of rotatable bonds is 4. The van der Waals surface area contributed by atoms with Crippen molar-refractivity contribution in [3.05, 3.63) is 77.4 Å². The Kier molecular flexibility index (Phi) is 4.66. The van der Waals surface area contributed by atoms with Gasteiger partial charge in [0, 0.05) is 0 Å². The molecule has 25 heavy (non-hydrogen) atoms. The number of aromatic hydroxyl groups is 1. The predicted octanol–water partition coefficient (Wildman–Crippen LogP) is 3.69. The van der Waals surface area contributed by atoms with E-state index in [-0.39, 0.29) is 17.9 Å². The van der Waals surface area contributed by atoms with Crippen LogP contribution in [-0.2, 0) is 16.1 Å². The largest absolute Gasteiger partial charge is 0.507 e. The molecule has 0 spiro atoms. The summed E-state index contributed by atoms with van der Waals surface area (Å²) >= 11 is 0. The SMILES string of the molecule is COC(=O)c1ccc(COC(=O)c2cc3ccccc3cc2O)cc1. The normalized spacial score (nSPS) is 10.4. The molecule has 5 nitrogen and oxygen atoms in total. The molecule has 0 amide bonds. The van der Waals surface area contributed by atoms with E-state index in [1.807, 2.05) is 24.3 Å². The molecular weight excluding hydrogens is 320 g/mol. The highest BCUT2D eigenvalue weighted by Crippen LogP contribution is 2.25. The maximum Gasteiger partial charge on any atom is 0.342 e. The van der Waals surface area contributed by atoms with Crippen molar-refractivity contribution in [1.82, 2.24) is 0 Å². The summed E-state index contributed by atoms with van der Waals surface area (Å²) in [4.78, 5) is 23.6. The Bertz CT molecular complexity index is 928. The number of hydrogen-bond donors (Lipinski definition) is 1. The van der Waals surface area contributed by atoms with Crippen LogP contribution in [-0.4, -0.2) is 24.2 Å². The number of carbonyl (C=O) groups is 2.